The molecule has 3 rings (SSSR count). The van der Waals surface area contributed by atoms with Crippen LogP contribution in [0.25, 0.3) is 0 Å². The van der Waals surface area contributed by atoms with Crippen LogP contribution in [-0.4, -0.2) is 29.4 Å². The van der Waals surface area contributed by atoms with Crippen molar-refractivity contribution >= 4 is 11.9 Å². The minimum atomic E-state index is -0.188. The molecule has 1 aliphatic rings. The zero-order valence-electron chi connectivity index (χ0n) is 15.2. The molecule has 2 N–H and O–H groups in total. The van der Waals surface area contributed by atoms with Crippen molar-refractivity contribution in [3.05, 3.63) is 71.3 Å². The van der Waals surface area contributed by atoms with Crippen LogP contribution in [0.15, 0.2) is 54.6 Å². The molecule has 1 heterocycles. The molecule has 26 heavy (non-hydrogen) atoms. The number of benzene rings is 2. The van der Waals surface area contributed by atoms with Crippen LogP contribution in [0.4, 0.5) is 4.79 Å². The van der Waals surface area contributed by atoms with Crippen molar-refractivity contribution in [2.75, 3.05) is 6.54 Å². The van der Waals surface area contributed by atoms with Crippen LogP contribution in [-0.2, 0) is 6.54 Å². The lowest BCUT2D eigenvalue weighted by Crippen LogP contribution is -2.45. The molecule has 3 amide bonds. The molecule has 0 bridgehead atoms. The van der Waals surface area contributed by atoms with E-state index in [0.29, 0.717) is 12.1 Å². The van der Waals surface area contributed by atoms with Crippen molar-refractivity contribution in [3.8, 4) is 0 Å². The monoisotopic (exact) mass is 351 g/mol. The summed E-state index contributed by atoms with van der Waals surface area (Å²) in [5.41, 5.74) is 2.83. The van der Waals surface area contributed by atoms with Crippen molar-refractivity contribution in [1.29, 1.82) is 0 Å². The Bertz CT molecular complexity index is 757. The van der Waals surface area contributed by atoms with Gasteiger partial charge >= 0.3 is 6.03 Å². The summed E-state index contributed by atoms with van der Waals surface area (Å²) in [4.78, 5) is 26.3. The van der Waals surface area contributed by atoms with Crippen LogP contribution in [0.3, 0.4) is 0 Å². The van der Waals surface area contributed by atoms with E-state index in [2.05, 4.69) is 22.8 Å². The Balaban J connectivity index is 1.58. The summed E-state index contributed by atoms with van der Waals surface area (Å²) in [5, 5.41) is 5.59. The average molecular weight is 351 g/mol. The fourth-order valence-electron chi connectivity index (χ4n) is 3.08. The number of nitrogens with zero attached hydrogens (tertiary/aromatic N) is 1. The Morgan fingerprint density at radius 1 is 1.08 bits per heavy atom. The standard InChI is InChI=1S/C21H25N3O2/c1-15(2)23-21(26)22-14-16-8-10-18(11-9-16)20(25)24-13-12-19(24)17-6-4-3-5-7-17/h3-11,15,19H,12-14H2,1-2H3,(H2,22,23,26). The minimum Gasteiger partial charge on any atom is -0.336 e. The highest BCUT2D eigenvalue weighted by Gasteiger charge is 2.33. The molecule has 1 fully saturated rings. The maximum Gasteiger partial charge on any atom is 0.315 e. The minimum absolute atomic E-state index is 0.0576. The molecule has 1 unspecified atom stereocenters. The summed E-state index contributed by atoms with van der Waals surface area (Å²) in [6.45, 7) is 5.05. The summed E-state index contributed by atoms with van der Waals surface area (Å²) in [7, 11) is 0. The molecule has 0 spiro atoms. The van der Waals surface area contributed by atoms with Gasteiger partial charge in [-0.05, 0) is 43.5 Å². The molecule has 136 valence electrons. The van der Waals surface area contributed by atoms with Gasteiger partial charge in [0.05, 0.1) is 6.04 Å². The molecule has 0 aliphatic carbocycles. The van der Waals surface area contributed by atoms with Gasteiger partial charge in [-0.3, -0.25) is 4.79 Å². The third kappa shape index (κ3) is 4.23. The van der Waals surface area contributed by atoms with E-state index in [-0.39, 0.29) is 24.0 Å². The molecule has 1 aliphatic heterocycles. The van der Waals surface area contributed by atoms with Gasteiger partial charge in [-0.1, -0.05) is 42.5 Å². The van der Waals surface area contributed by atoms with Crippen LogP contribution in [0.1, 0.15) is 47.8 Å². The molecule has 1 saturated heterocycles. The van der Waals surface area contributed by atoms with Gasteiger partial charge in [0, 0.05) is 24.7 Å². The third-order valence-corrected chi connectivity index (χ3v) is 4.54. The lowest BCUT2D eigenvalue weighted by molar-refractivity contribution is 0.0460. The highest BCUT2D eigenvalue weighted by molar-refractivity contribution is 5.95. The second-order valence-electron chi connectivity index (χ2n) is 6.89. The van der Waals surface area contributed by atoms with Gasteiger partial charge < -0.3 is 15.5 Å². The first-order chi connectivity index (χ1) is 12.5. The van der Waals surface area contributed by atoms with E-state index in [1.165, 1.54) is 5.56 Å². The number of rotatable bonds is 5. The van der Waals surface area contributed by atoms with Crippen molar-refractivity contribution in [3.63, 3.8) is 0 Å². The predicted molar refractivity (Wildman–Crippen MR) is 102 cm³/mol. The first-order valence-electron chi connectivity index (χ1n) is 9.04. The smallest absolute Gasteiger partial charge is 0.315 e. The van der Waals surface area contributed by atoms with E-state index in [9.17, 15) is 9.59 Å². The molecular formula is C21H25N3O2. The van der Waals surface area contributed by atoms with Gasteiger partial charge in [0.1, 0.15) is 0 Å². The Hall–Kier alpha value is -2.82. The Morgan fingerprint density at radius 3 is 2.35 bits per heavy atom. The number of amides is 3. The van der Waals surface area contributed by atoms with Gasteiger partial charge in [0.25, 0.3) is 5.91 Å². The van der Waals surface area contributed by atoms with Crippen LogP contribution >= 0.6 is 0 Å². The molecule has 2 aromatic rings. The van der Waals surface area contributed by atoms with Crippen LogP contribution in [0.2, 0.25) is 0 Å². The van der Waals surface area contributed by atoms with E-state index in [4.69, 9.17) is 0 Å². The quantitative estimate of drug-likeness (QED) is 0.866. The molecule has 0 saturated carbocycles. The summed E-state index contributed by atoms with van der Waals surface area (Å²) < 4.78 is 0. The van der Waals surface area contributed by atoms with E-state index < -0.39 is 0 Å². The number of hydrogen-bond acceptors (Lipinski definition) is 2. The van der Waals surface area contributed by atoms with E-state index in [0.717, 1.165) is 18.5 Å². The van der Waals surface area contributed by atoms with Crippen LogP contribution in [0, 0.1) is 0 Å². The number of carbonyl (C=O) groups is 2. The number of urea groups is 1. The van der Waals surface area contributed by atoms with Crippen molar-refractivity contribution in [1.82, 2.24) is 15.5 Å². The first kappa shape index (κ1) is 18.0. The zero-order valence-corrected chi connectivity index (χ0v) is 15.2. The van der Waals surface area contributed by atoms with Crippen molar-refractivity contribution in [2.24, 2.45) is 0 Å². The SMILES string of the molecule is CC(C)NC(=O)NCc1ccc(C(=O)N2CCC2c2ccccc2)cc1. The van der Waals surface area contributed by atoms with Gasteiger partial charge in [-0.15, -0.1) is 0 Å². The second-order valence-corrected chi connectivity index (χ2v) is 6.89. The summed E-state index contributed by atoms with van der Waals surface area (Å²) in [6.07, 6.45) is 1.00. The van der Waals surface area contributed by atoms with Crippen LogP contribution < -0.4 is 10.6 Å². The Kier molecular flexibility index (Phi) is 5.56. The van der Waals surface area contributed by atoms with Crippen molar-refractivity contribution in [2.45, 2.75) is 38.9 Å². The molecule has 0 radical (unpaired) electrons. The lowest BCUT2D eigenvalue weighted by Gasteiger charge is -2.41. The summed E-state index contributed by atoms with van der Waals surface area (Å²) >= 11 is 0. The molecule has 5 nitrogen and oxygen atoms in total. The van der Waals surface area contributed by atoms with E-state index in [1.807, 2.05) is 61.2 Å². The van der Waals surface area contributed by atoms with E-state index >= 15 is 0 Å². The van der Waals surface area contributed by atoms with E-state index in [1.54, 1.807) is 0 Å². The predicted octanol–water partition coefficient (Wildman–Crippen LogP) is 3.48. The maximum absolute atomic E-state index is 12.8. The summed E-state index contributed by atoms with van der Waals surface area (Å²) in [6, 6.07) is 17.7. The third-order valence-electron chi connectivity index (χ3n) is 4.54. The molecule has 5 heteroatoms. The van der Waals surface area contributed by atoms with Gasteiger partial charge in [-0.2, -0.15) is 0 Å². The number of nitrogens with one attached hydrogen (secondary N) is 2. The lowest BCUT2D eigenvalue weighted by atomic mass is 9.93. The number of carbonyl (C=O) groups excluding carboxylic acids is 2. The molecule has 0 aromatic heterocycles. The molecular weight excluding hydrogens is 326 g/mol. The summed E-state index contributed by atoms with van der Waals surface area (Å²) in [5.74, 6) is 0.0576. The normalized spacial score (nSPS) is 16.1. The first-order valence-corrected chi connectivity index (χ1v) is 9.04. The number of hydrogen-bond donors (Lipinski definition) is 2. The van der Waals surface area contributed by atoms with Gasteiger partial charge in [-0.25, -0.2) is 4.79 Å². The zero-order chi connectivity index (χ0) is 18.5. The molecule has 1 atom stereocenters. The molecule has 2 aromatic carbocycles. The highest BCUT2D eigenvalue weighted by atomic mass is 16.2. The Labute approximate surface area is 154 Å². The highest BCUT2D eigenvalue weighted by Crippen LogP contribution is 2.34. The fourth-order valence-corrected chi connectivity index (χ4v) is 3.08. The maximum atomic E-state index is 12.8. The van der Waals surface area contributed by atoms with Crippen molar-refractivity contribution < 1.29 is 9.59 Å². The van der Waals surface area contributed by atoms with Crippen LogP contribution in [0.5, 0.6) is 0 Å². The topological polar surface area (TPSA) is 61.4 Å². The fraction of sp³-hybridized carbons (Fsp3) is 0.333. The largest absolute Gasteiger partial charge is 0.336 e. The van der Waals surface area contributed by atoms with Gasteiger partial charge in [0.2, 0.25) is 0 Å². The average Bonchev–Trinajstić information content (AvgIpc) is 2.60. The number of likely N-dealkylation sites (tertiary alicyclic amines) is 1. The Morgan fingerprint density at radius 2 is 1.77 bits per heavy atom. The van der Waals surface area contributed by atoms with Gasteiger partial charge in [0.15, 0.2) is 0 Å². The second kappa shape index (κ2) is 8.04.